The van der Waals surface area contributed by atoms with E-state index >= 15 is 0 Å². The Hall–Kier alpha value is -2.40. The number of carbonyl (C=O) groups is 1. The summed E-state index contributed by atoms with van der Waals surface area (Å²) in [5, 5.41) is 0. The van der Waals surface area contributed by atoms with E-state index in [1.165, 1.54) is 5.56 Å². The van der Waals surface area contributed by atoms with Crippen molar-refractivity contribution >= 4 is 11.6 Å². The second kappa shape index (κ2) is 9.51. The quantitative estimate of drug-likeness (QED) is 0.754. The molecule has 2 heterocycles. The van der Waals surface area contributed by atoms with E-state index in [9.17, 15) is 4.79 Å². The van der Waals surface area contributed by atoms with Gasteiger partial charge in [0.2, 0.25) is 0 Å². The fourth-order valence-corrected chi connectivity index (χ4v) is 3.43. The first-order valence-electron chi connectivity index (χ1n) is 9.90. The minimum absolute atomic E-state index is 0.00742. The van der Waals surface area contributed by atoms with Crippen LogP contribution in [0.15, 0.2) is 48.7 Å². The number of benzene rings is 1. The van der Waals surface area contributed by atoms with Gasteiger partial charge in [-0.25, -0.2) is 0 Å². The van der Waals surface area contributed by atoms with E-state index in [1.807, 2.05) is 19.2 Å². The van der Waals surface area contributed by atoms with Gasteiger partial charge in [0.15, 0.2) is 0 Å². The molecule has 0 radical (unpaired) electrons. The number of amides is 1. The number of hydrogen-bond donors (Lipinski definition) is 0. The maximum absolute atomic E-state index is 12.6. The molecule has 0 saturated carbocycles. The van der Waals surface area contributed by atoms with Crippen molar-refractivity contribution in [3.63, 3.8) is 0 Å². The van der Waals surface area contributed by atoms with Crippen molar-refractivity contribution in [1.29, 1.82) is 0 Å². The Morgan fingerprint density at radius 3 is 2.56 bits per heavy atom. The third-order valence-electron chi connectivity index (χ3n) is 5.14. The SMILES string of the molecule is CCCCN(C)C(=O)c1cc(N2CCN(Cc3ccccc3)CC2)ccn1. The number of hydrogen-bond acceptors (Lipinski definition) is 4. The molecular weight excluding hydrogens is 336 g/mol. The summed E-state index contributed by atoms with van der Waals surface area (Å²) >= 11 is 0. The summed E-state index contributed by atoms with van der Waals surface area (Å²) in [5.41, 5.74) is 2.99. The molecule has 0 unspecified atom stereocenters. The number of rotatable bonds is 7. The summed E-state index contributed by atoms with van der Waals surface area (Å²) in [6.07, 6.45) is 3.86. The predicted octanol–water partition coefficient (Wildman–Crippen LogP) is 3.28. The smallest absolute Gasteiger partial charge is 0.272 e. The van der Waals surface area contributed by atoms with Gasteiger partial charge >= 0.3 is 0 Å². The highest BCUT2D eigenvalue weighted by atomic mass is 16.2. The molecule has 1 aliphatic rings. The van der Waals surface area contributed by atoms with Crippen LogP contribution in [-0.4, -0.2) is 60.5 Å². The van der Waals surface area contributed by atoms with Gasteiger partial charge in [-0.1, -0.05) is 43.7 Å². The average Bonchev–Trinajstić information content (AvgIpc) is 2.73. The highest BCUT2D eigenvalue weighted by molar-refractivity contribution is 5.93. The molecule has 0 spiro atoms. The number of unbranched alkanes of at least 4 members (excludes halogenated alkanes) is 1. The molecule has 0 aliphatic carbocycles. The Bertz CT molecular complexity index is 726. The van der Waals surface area contributed by atoms with Crippen LogP contribution in [0.1, 0.15) is 35.8 Å². The van der Waals surface area contributed by atoms with E-state index < -0.39 is 0 Å². The molecule has 0 atom stereocenters. The van der Waals surface area contributed by atoms with E-state index in [0.717, 1.165) is 57.8 Å². The summed E-state index contributed by atoms with van der Waals surface area (Å²) in [6.45, 7) is 7.89. The first-order chi connectivity index (χ1) is 13.2. The van der Waals surface area contributed by atoms with Crippen molar-refractivity contribution in [2.45, 2.75) is 26.3 Å². The van der Waals surface area contributed by atoms with Crippen LogP contribution >= 0.6 is 0 Å². The molecule has 1 amide bonds. The van der Waals surface area contributed by atoms with Gasteiger partial charge in [0.05, 0.1) is 0 Å². The summed E-state index contributed by atoms with van der Waals surface area (Å²) in [5.74, 6) is 0.00742. The van der Waals surface area contributed by atoms with Crippen LogP contribution in [-0.2, 0) is 6.54 Å². The third kappa shape index (κ3) is 5.30. The van der Waals surface area contributed by atoms with Crippen LogP contribution in [0.4, 0.5) is 5.69 Å². The van der Waals surface area contributed by atoms with Crippen molar-refractivity contribution in [3.05, 3.63) is 59.9 Å². The lowest BCUT2D eigenvalue weighted by molar-refractivity contribution is 0.0787. The zero-order valence-electron chi connectivity index (χ0n) is 16.5. The Balaban J connectivity index is 1.57. The predicted molar refractivity (Wildman–Crippen MR) is 110 cm³/mol. The van der Waals surface area contributed by atoms with Crippen LogP contribution in [0.25, 0.3) is 0 Å². The average molecular weight is 367 g/mol. The Morgan fingerprint density at radius 2 is 1.85 bits per heavy atom. The molecule has 1 aromatic heterocycles. The van der Waals surface area contributed by atoms with Gasteiger partial charge in [-0.15, -0.1) is 0 Å². The number of pyridine rings is 1. The minimum atomic E-state index is 0.00742. The van der Waals surface area contributed by atoms with Crippen LogP contribution < -0.4 is 4.90 Å². The van der Waals surface area contributed by atoms with Crippen molar-refractivity contribution in [2.24, 2.45) is 0 Å². The van der Waals surface area contributed by atoms with E-state index in [2.05, 4.69) is 52.0 Å². The number of piperazine rings is 1. The van der Waals surface area contributed by atoms with E-state index in [0.29, 0.717) is 5.69 Å². The second-order valence-electron chi connectivity index (χ2n) is 7.23. The largest absolute Gasteiger partial charge is 0.369 e. The molecule has 5 heteroatoms. The van der Waals surface area contributed by atoms with Gasteiger partial charge in [0, 0.05) is 58.2 Å². The lowest BCUT2D eigenvalue weighted by Gasteiger charge is -2.36. The van der Waals surface area contributed by atoms with Gasteiger partial charge in [-0.3, -0.25) is 14.7 Å². The number of nitrogens with zero attached hydrogens (tertiary/aromatic N) is 4. The van der Waals surface area contributed by atoms with Crippen LogP contribution in [0.5, 0.6) is 0 Å². The summed E-state index contributed by atoms with van der Waals surface area (Å²) in [6, 6.07) is 14.6. The molecule has 0 N–H and O–H groups in total. The Morgan fingerprint density at radius 1 is 1.11 bits per heavy atom. The fraction of sp³-hybridized carbons (Fsp3) is 0.455. The molecular formula is C22H30N4O. The van der Waals surface area contributed by atoms with E-state index in [1.54, 1.807) is 11.1 Å². The third-order valence-corrected chi connectivity index (χ3v) is 5.14. The number of aromatic nitrogens is 1. The topological polar surface area (TPSA) is 39.7 Å². The zero-order valence-corrected chi connectivity index (χ0v) is 16.5. The summed E-state index contributed by atoms with van der Waals surface area (Å²) in [4.78, 5) is 23.5. The minimum Gasteiger partial charge on any atom is -0.369 e. The maximum atomic E-state index is 12.6. The molecule has 2 aromatic rings. The maximum Gasteiger partial charge on any atom is 0.272 e. The van der Waals surface area contributed by atoms with Crippen LogP contribution in [0.3, 0.4) is 0 Å². The molecule has 0 bridgehead atoms. The van der Waals surface area contributed by atoms with Crippen molar-refractivity contribution in [3.8, 4) is 0 Å². The molecule has 5 nitrogen and oxygen atoms in total. The lowest BCUT2D eigenvalue weighted by atomic mass is 10.2. The van der Waals surface area contributed by atoms with E-state index in [-0.39, 0.29) is 5.91 Å². The normalized spacial score (nSPS) is 15.0. The number of anilines is 1. The monoisotopic (exact) mass is 366 g/mol. The standard InChI is InChI=1S/C22H30N4O/c1-3-4-12-24(2)22(27)21-17-20(10-11-23-21)26-15-13-25(14-16-26)18-19-8-6-5-7-9-19/h5-11,17H,3-4,12-16,18H2,1-2H3. The highest BCUT2D eigenvalue weighted by Crippen LogP contribution is 2.18. The molecule has 3 rings (SSSR count). The second-order valence-corrected chi connectivity index (χ2v) is 7.23. The van der Waals surface area contributed by atoms with Gasteiger partial charge in [-0.05, 0) is 24.1 Å². The molecule has 27 heavy (non-hydrogen) atoms. The Kier molecular flexibility index (Phi) is 6.82. The first kappa shape index (κ1) is 19.4. The molecule has 1 aliphatic heterocycles. The zero-order chi connectivity index (χ0) is 19.1. The molecule has 1 aromatic carbocycles. The number of carbonyl (C=O) groups excluding carboxylic acids is 1. The highest BCUT2D eigenvalue weighted by Gasteiger charge is 2.19. The van der Waals surface area contributed by atoms with Crippen molar-refractivity contribution in [1.82, 2.24) is 14.8 Å². The van der Waals surface area contributed by atoms with Gasteiger partial charge in [0.1, 0.15) is 5.69 Å². The van der Waals surface area contributed by atoms with Crippen LogP contribution in [0.2, 0.25) is 0 Å². The summed E-state index contributed by atoms with van der Waals surface area (Å²) < 4.78 is 0. The van der Waals surface area contributed by atoms with Crippen LogP contribution in [0, 0.1) is 0 Å². The first-order valence-corrected chi connectivity index (χ1v) is 9.90. The van der Waals surface area contributed by atoms with E-state index in [4.69, 9.17) is 0 Å². The Labute approximate surface area is 162 Å². The molecule has 1 fully saturated rings. The van der Waals surface area contributed by atoms with Gasteiger partial charge in [-0.2, -0.15) is 0 Å². The van der Waals surface area contributed by atoms with Crippen molar-refractivity contribution < 1.29 is 4.79 Å². The lowest BCUT2D eigenvalue weighted by Crippen LogP contribution is -2.46. The molecule has 1 saturated heterocycles. The fourth-order valence-electron chi connectivity index (χ4n) is 3.43. The summed E-state index contributed by atoms with van der Waals surface area (Å²) in [7, 11) is 1.86. The van der Waals surface area contributed by atoms with Gasteiger partial charge in [0.25, 0.3) is 5.91 Å². The molecule has 144 valence electrons. The van der Waals surface area contributed by atoms with Gasteiger partial charge < -0.3 is 9.80 Å². The van der Waals surface area contributed by atoms with Crippen molar-refractivity contribution in [2.75, 3.05) is 44.7 Å².